The lowest BCUT2D eigenvalue weighted by atomic mass is 9.84. The van der Waals surface area contributed by atoms with Crippen molar-refractivity contribution >= 4 is 27.5 Å². The normalized spacial score (nSPS) is 39.0. The number of carbonyl (C=O) groups is 1. The number of rotatable bonds is 3. The predicted octanol–water partition coefficient (Wildman–Crippen LogP) is 1.67. The maximum absolute atomic E-state index is 13.0. The molecule has 0 saturated carbocycles. The van der Waals surface area contributed by atoms with Gasteiger partial charge in [0.25, 0.3) is 5.91 Å². The summed E-state index contributed by atoms with van der Waals surface area (Å²) in [4.78, 5) is 15.4. The van der Waals surface area contributed by atoms with Crippen LogP contribution in [0.2, 0.25) is 0 Å². The Morgan fingerprint density at radius 3 is 2.89 bits per heavy atom. The van der Waals surface area contributed by atoms with Crippen LogP contribution in [0.4, 0.5) is 0 Å². The highest BCUT2D eigenvalue weighted by atomic mass is 32.1. The number of nitrogens with one attached hydrogen (secondary N) is 3. The van der Waals surface area contributed by atoms with Gasteiger partial charge in [-0.15, -0.1) is 0 Å². The molecule has 5 saturated heterocycles. The molecular formula is C21H27N5OS. The zero-order valence-corrected chi connectivity index (χ0v) is 17.0. The first-order valence-corrected chi connectivity index (χ1v) is 11.3. The minimum atomic E-state index is -0.0424. The van der Waals surface area contributed by atoms with Crippen LogP contribution in [0.1, 0.15) is 42.2 Å². The molecule has 28 heavy (non-hydrogen) atoms. The molecule has 1 amide bonds. The second-order valence-corrected chi connectivity index (χ2v) is 10.0. The lowest BCUT2D eigenvalue weighted by Crippen LogP contribution is -2.57. The Balaban J connectivity index is 1.25. The fraction of sp³-hybridized carbons (Fsp3) is 0.619. The van der Waals surface area contributed by atoms with Gasteiger partial charge in [-0.3, -0.25) is 4.79 Å². The minimum Gasteiger partial charge on any atom is -0.346 e. The standard InChI is InChI=1S/C21H27N5OS/c1-21(18-9-14(24-21)10-22-18)13-2-3-15-17(8-13)28-25-19(15)20(27)23-16-11-26-6-4-12(16)5-7-26/h2-3,8,12,14,16,18,22,24H,4-7,9-11H2,1H3,(H,23,27)/t14-,16-,18+,21?/m0/s1. The minimum absolute atomic E-state index is 0.0105. The van der Waals surface area contributed by atoms with Crippen molar-refractivity contribution in [2.45, 2.75) is 49.9 Å². The highest BCUT2D eigenvalue weighted by molar-refractivity contribution is 7.13. The van der Waals surface area contributed by atoms with Gasteiger partial charge in [-0.1, -0.05) is 12.1 Å². The number of nitrogens with zero attached hydrogens (tertiary/aromatic N) is 2. The predicted molar refractivity (Wildman–Crippen MR) is 111 cm³/mol. The van der Waals surface area contributed by atoms with Crippen LogP contribution in [0, 0.1) is 5.92 Å². The number of aromatic nitrogens is 1. The van der Waals surface area contributed by atoms with Gasteiger partial charge in [0.2, 0.25) is 0 Å². The van der Waals surface area contributed by atoms with Crippen molar-refractivity contribution in [2.75, 3.05) is 26.2 Å². The Hall–Kier alpha value is -1.54. The molecule has 1 unspecified atom stereocenters. The number of carbonyl (C=O) groups excluding carboxylic acids is 1. The van der Waals surface area contributed by atoms with Crippen molar-refractivity contribution in [1.82, 2.24) is 25.2 Å². The van der Waals surface area contributed by atoms with Crippen molar-refractivity contribution in [3.05, 3.63) is 29.5 Å². The molecule has 5 aliphatic rings. The number of benzene rings is 1. The average molecular weight is 398 g/mol. The smallest absolute Gasteiger partial charge is 0.271 e. The van der Waals surface area contributed by atoms with E-state index in [1.807, 2.05) is 0 Å². The van der Waals surface area contributed by atoms with Crippen LogP contribution in [0.5, 0.6) is 0 Å². The molecule has 1 aromatic heterocycles. The largest absolute Gasteiger partial charge is 0.346 e. The van der Waals surface area contributed by atoms with Crippen molar-refractivity contribution in [3.63, 3.8) is 0 Å². The second-order valence-electron chi connectivity index (χ2n) is 9.20. The maximum atomic E-state index is 13.0. The number of hydrogen-bond donors (Lipinski definition) is 3. The summed E-state index contributed by atoms with van der Waals surface area (Å²) in [6, 6.07) is 7.81. The third kappa shape index (κ3) is 2.56. The van der Waals surface area contributed by atoms with E-state index in [9.17, 15) is 4.79 Å². The number of piperazine rings is 1. The first kappa shape index (κ1) is 17.3. The van der Waals surface area contributed by atoms with E-state index in [0.717, 1.165) is 23.2 Å². The van der Waals surface area contributed by atoms with Gasteiger partial charge in [0.05, 0.1) is 10.2 Å². The molecule has 2 aromatic rings. The summed E-state index contributed by atoms with van der Waals surface area (Å²) >= 11 is 1.44. The fourth-order valence-electron chi connectivity index (χ4n) is 5.88. The van der Waals surface area contributed by atoms with E-state index < -0.39 is 0 Å². The van der Waals surface area contributed by atoms with Gasteiger partial charge in [0.15, 0.2) is 0 Å². The van der Waals surface area contributed by atoms with Gasteiger partial charge in [-0.2, -0.15) is 4.37 Å². The van der Waals surface area contributed by atoms with Gasteiger partial charge in [0, 0.05) is 36.6 Å². The SMILES string of the molecule is CC1(c2ccc3c(C(=O)N[C@H]4CN5CCC4CC5)nsc3c2)N[C@@H]2CN[C@@H]1C2. The van der Waals surface area contributed by atoms with Crippen molar-refractivity contribution < 1.29 is 4.79 Å². The highest BCUT2D eigenvalue weighted by Crippen LogP contribution is 2.38. The van der Waals surface area contributed by atoms with E-state index in [2.05, 4.69) is 50.3 Å². The average Bonchev–Trinajstić information content (AvgIpc) is 3.42. The van der Waals surface area contributed by atoms with Gasteiger partial charge in [0.1, 0.15) is 5.69 Å². The molecule has 7 rings (SSSR count). The molecule has 6 nitrogen and oxygen atoms in total. The molecule has 0 aliphatic carbocycles. The molecule has 5 fully saturated rings. The summed E-state index contributed by atoms with van der Waals surface area (Å²) in [6.45, 7) is 6.70. The Morgan fingerprint density at radius 1 is 1.36 bits per heavy atom. The van der Waals surface area contributed by atoms with E-state index >= 15 is 0 Å². The Morgan fingerprint density at radius 2 is 2.21 bits per heavy atom. The molecule has 1 aromatic carbocycles. The highest BCUT2D eigenvalue weighted by Gasteiger charge is 2.48. The van der Waals surface area contributed by atoms with E-state index in [1.165, 1.54) is 49.4 Å². The third-order valence-electron chi connectivity index (χ3n) is 7.59. The summed E-state index contributed by atoms with van der Waals surface area (Å²) in [5, 5.41) is 11.7. The summed E-state index contributed by atoms with van der Waals surface area (Å²) in [6.07, 6.45) is 3.59. The lowest BCUT2D eigenvalue weighted by molar-refractivity contribution is 0.0619. The van der Waals surface area contributed by atoms with Crippen molar-refractivity contribution in [1.29, 1.82) is 0 Å². The van der Waals surface area contributed by atoms with Crippen molar-refractivity contribution in [2.24, 2.45) is 5.92 Å². The molecule has 0 spiro atoms. The molecule has 148 valence electrons. The van der Waals surface area contributed by atoms with Gasteiger partial charge < -0.3 is 20.9 Å². The van der Waals surface area contributed by atoms with E-state index in [1.54, 1.807) is 0 Å². The number of fused-ring (bicyclic) bond motifs is 6. The summed E-state index contributed by atoms with van der Waals surface area (Å²) in [5.74, 6) is 0.616. The Kier molecular flexibility index (Phi) is 3.85. The van der Waals surface area contributed by atoms with Crippen LogP contribution in [0.15, 0.2) is 18.2 Å². The zero-order valence-electron chi connectivity index (χ0n) is 16.2. The van der Waals surface area contributed by atoms with Gasteiger partial charge in [-0.05, 0) is 68.4 Å². The van der Waals surface area contributed by atoms with Crippen LogP contribution in [-0.4, -0.2) is 59.5 Å². The number of amides is 1. The van der Waals surface area contributed by atoms with Crippen LogP contribution < -0.4 is 16.0 Å². The van der Waals surface area contributed by atoms with Crippen LogP contribution in [0.25, 0.3) is 10.1 Å². The molecule has 4 bridgehead atoms. The van der Waals surface area contributed by atoms with E-state index in [4.69, 9.17) is 0 Å². The van der Waals surface area contributed by atoms with Gasteiger partial charge in [-0.25, -0.2) is 0 Å². The molecular weight excluding hydrogens is 370 g/mol. The van der Waals surface area contributed by atoms with E-state index in [-0.39, 0.29) is 17.5 Å². The monoisotopic (exact) mass is 397 g/mol. The fourth-order valence-corrected chi connectivity index (χ4v) is 6.70. The number of piperidine rings is 3. The molecule has 0 radical (unpaired) electrons. The number of hydrogen-bond acceptors (Lipinski definition) is 6. The summed E-state index contributed by atoms with van der Waals surface area (Å²) in [5.41, 5.74) is 1.83. The first-order chi connectivity index (χ1) is 13.6. The first-order valence-electron chi connectivity index (χ1n) is 10.5. The maximum Gasteiger partial charge on any atom is 0.271 e. The van der Waals surface area contributed by atoms with Crippen LogP contribution in [0.3, 0.4) is 0 Å². The Bertz CT molecular complexity index is 936. The van der Waals surface area contributed by atoms with Crippen LogP contribution in [-0.2, 0) is 5.54 Å². The quantitative estimate of drug-likeness (QED) is 0.735. The topological polar surface area (TPSA) is 69.3 Å². The Labute approximate surface area is 169 Å². The van der Waals surface area contributed by atoms with Gasteiger partial charge >= 0.3 is 0 Å². The van der Waals surface area contributed by atoms with E-state index in [0.29, 0.717) is 23.7 Å². The lowest BCUT2D eigenvalue weighted by Gasteiger charge is -2.44. The summed E-state index contributed by atoms with van der Waals surface area (Å²) in [7, 11) is 0. The molecule has 3 N–H and O–H groups in total. The molecule has 5 aliphatic heterocycles. The molecule has 6 heterocycles. The third-order valence-corrected chi connectivity index (χ3v) is 8.40. The second kappa shape index (κ2) is 6.23. The zero-order chi connectivity index (χ0) is 18.9. The van der Waals surface area contributed by atoms with Crippen molar-refractivity contribution in [3.8, 4) is 0 Å². The molecule has 4 atom stereocenters. The van der Waals surface area contributed by atoms with Crippen LogP contribution >= 0.6 is 11.5 Å². The summed E-state index contributed by atoms with van der Waals surface area (Å²) < 4.78 is 5.64. The molecule has 7 heteroatoms.